The molecule has 0 bridgehead atoms. The number of rotatable bonds is 14. The number of nitrogens with zero attached hydrogens (tertiary/aromatic N) is 2. The van der Waals surface area contributed by atoms with E-state index in [4.69, 9.17) is 9.26 Å². The second-order valence-corrected chi connectivity index (χ2v) is 7.66. The fourth-order valence-corrected chi connectivity index (χ4v) is 3.29. The Labute approximate surface area is 185 Å². The zero-order valence-electron chi connectivity index (χ0n) is 19.0. The number of benzene rings is 1. The fraction of sp³-hybridized carbons (Fsp3) is 0.542. The van der Waals surface area contributed by atoms with Crippen molar-refractivity contribution in [3.05, 3.63) is 47.2 Å². The topological polar surface area (TPSA) is 84.7 Å². The van der Waals surface area contributed by atoms with Crippen molar-refractivity contribution in [2.24, 2.45) is 0 Å². The zero-order chi connectivity index (χ0) is 22.5. The van der Waals surface area contributed by atoms with E-state index in [0.717, 1.165) is 12.8 Å². The SMILES string of the molecule is CCCCCCc1ccc(C(=O)N(CCCOCC)CC(=O)Nc2cc(C)on2)cc1. The van der Waals surface area contributed by atoms with Gasteiger partial charge in [-0.05, 0) is 50.8 Å². The van der Waals surface area contributed by atoms with Crippen LogP contribution < -0.4 is 5.32 Å². The highest BCUT2D eigenvalue weighted by Gasteiger charge is 2.19. The molecule has 0 aliphatic carbocycles. The number of aromatic nitrogens is 1. The van der Waals surface area contributed by atoms with Gasteiger partial charge in [0.1, 0.15) is 12.3 Å². The minimum Gasteiger partial charge on any atom is -0.382 e. The molecule has 0 aliphatic heterocycles. The molecule has 31 heavy (non-hydrogen) atoms. The highest BCUT2D eigenvalue weighted by atomic mass is 16.5. The lowest BCUT2D eigenvalue weighted by molar-refractivity contribution is -0.117. The van der Waals surface area contributed by atoms with Crippen molar-refractivity contribution in [2.75, 3.05) is 31.6 Å². The Kier molecular flexibility index (Phi) is 10.8. The van der Waals surface area contributed by atoms with Gasteiger partial charge in [0.15, 0.2) is 5.82 Å². The standard InChI is InChI=1S/C24H35N3O4/c1-4-6-7-8-10-20-11-13-21(14-12-20)24(29)27(15-9-16-30-5-2)18-23(28)25-22-17-19(3)31-26-22/h11-14,17H,4-10,15-16,18H2,1-3H3,(H,25,26,28). The fourth-order valence-electron chi connectivity index (χ4n) is 3.29. The van der Waals surface area contributed by atoms with Crippen LogP contribution in [0.3, 0.4) is 0 Å². The maximum absolute atomic E-state index is 13.1. The number of carbonyl (C=O) groups is 2. The van der Waals surface area contributed by atoms with Gasteiger partial charge in [-0.15, -0.1) is 0 Å². The van der Waals surface area contributed by atoms with Gasteiger partial charge in [-0.3, -0.25) is 9.59 Å². The average Bonchev–Trinajstić information content (AvgIpc) is 3.17. The van der Waals surface area contributed by atoms with Crippen LogP contribution in [-0.2, 0) is 16.0 Å². The van der Waals surface area contributed by atoms with Gasteiger partial charge in [0.05, 0.1) is 0 Å². The molecule has 2 aromatic rings. The van der Waals surface area contributed by atoms with E-state index in [1.54, 1.807) is 17.9 Å². The normalized spacial score (nSPS) is 10.8. The number of unbranched alkanes of at least 4 members (excludes halogenated alkanes) is 3. The maximum Gasteiger partial charge on any atom is 0.254 e. The summed E-state index contributed by atoms with van der Waals surface area (Å²) in [6, 6.07) is 9.36. The van der Waals surface area contributed by atoms with Crippen LogP contribution in [0.25, 0.3) is 0 Å². The quantitative estimate of drug-likeness (QED) is 0.443. The summed E-state index contributed by atoms with van der Waals surface area (Å²) in [7, 11) is 0. The molecule has 2 amide bonds. The highest BCUT2D eigenvalue weighted by molar-refractivity contribution is 5.99. The molecule has 0 unspecified atom stereocenters. The lowest BCUT2D eigenvalue weighted by atomic mass is 10.0. The summed E-state index contributed by atoms with van der Waals surface area (Å²) in [6.07, 6.45) is 6.54. The molecule has 7 heteroatoms. The number of amides is 2. The number of hydrogen-bond donors (Lipinski definition) is 1. The summed E-state index contributed by atoms with van der Waals surface area (Å²) in [6.45, 7) is 7.42. The van der Waals surface area contributed by atoms with Crippen molar-refractivity contribution in [3.63, 3.8) is 0 Å². The molecule has 1 N–H and O–H groups in total. The predicted octanol–water partition coefficient (Wildman–Crippen LogP) is 4.61. The molecule has 1 aromatic heterocycles. The molecule has 2 rings (SSSR count). The van der Waals surface area contributed by atoms with Gasteiger partial charge in [0, 0.05) is 31.4 Å². The number of nitrogens with one attached hydrogen (secondary N) is 1. The second-order valence-electron chi connectivity index (χ2n) is 7.66. The van der Waals surface area contributed by atoms with E-state index in [1.807, 2.05) is 31.2 Å². The van der Waals surface area contributed by atoms with Crippen LogP contribution in [-0.4, -0.2) is 48.2 Å². The molecule has 0 saturated carbocycles. The third kappa shape index (κ3) is 8.92. The first kappa shape index (κ1) is 24.6. The van der Waals surface area contributed by atoms with Crippen LogP contribution in [0.5, 0.6) is 0 Å². The number of aryl methyl sites for hydroxylation is 2. The van der Waals surface area contributed by atoms with Crippen LogP contribution in [0, 0.1) is 6.92 Å². The Balaban J connectivity index is 1.98. The zero-order valence-corrected chi connectivity index (χ0v) is 19.0. The van der Waals surface area contributed by atoms with E-state index >= 15 is 0 Å². The molecule has 0 spiro atoms. The Bertz CT molecular complexity index is 801. The van der Waals surface area contributed by atoms with E-state index in [1.165, 1.54) is 24.8 Å². The molecule has 1 aromatic carbocycles. The van der Waals surface area contributed by atoms with Gasteiger partial charge < -0.3 is 19.5 Å². The van der Waals surface area contributed by atoms with Gasteiger partial charge in [-0.2, -0.15) is 0 Å². The Morgan fingerprint density at radius 1 is 1.10 bits per heavy atom. The van der Waals surface area contributed by atoms with Crippen molar-refractivity contribution < 1.29 is 18.8 Å². The first-order valence-corrected chi connectivity index (χ1v) is 11.2. The largest absolute Gasteiger partial charge is 0.382 e. The number of hydrogen-bond acceptors (Lipinski definition) is 5. The van der Waals surface area contributed by atoms with Crippen LogP contribution in [0.1, 0.15) is 67.6 Å². The Morgan fingerprint density at radius 2 is 1.87 bits per heavy atom. The summed E-state index contributed by atoms with van der Waals surface area (Å²) >= 11 is 0. The van der Waals surface area contributed by atoms with Crippen molar-refractivity contribution in [1.29, 1.82) is 0 Å². The minimum atomic E-state index is -0.314. The van der Waals surface area contributed by atoms with Crippen LogP contribution in [0.15, 0.2) is 34.9 Å². The van der Waals surface area contributed by atoms with E-state index in [-0.39, 0.29) is 18.4 Å². The number of ether oxygens (including phenoxy) is 1. The molecule has 0 fully saturated rings. The van der Waals surface area contributed by atoms with Gasteiger partial charge in [0.2, 0.25) is 5.91 Å². The molecular weight excluding hydrogens is 394 g/mol. The van der Waals surface area contributed by atoms with E-state index in [9.17, 15) is 9.59 Å². The summed E-state index contributed by atoms with van der Waals surface area (Å²) in [5.41, 5.74) is 1.81. The smallest absolute Gasteiger partial charge is 0.254 e. The molecule has 170 valence electrons. The molecule has 0 aliphatic rings. The lowest BCUT2D eigenvalue weighted by Crippen LogP contribution is -2.39. The first-order chi connectivity index (χ1) is 15.0. The monoisotopic (exact) mass is 429 g/mol. The van der Waals surface area contributed by atoms with E-state index < -0.39 is 0 Å². The minimum absolute atomic E-state index is 0.0599. The number of anilines is 1. The summed E-state index contributed by atoms with van der Waals surface area (Å²) in [5.74, 6) is 0.470. The third-order valence-corrected chi connectivity index (χ3v) is 4.96. The first-order valence-electron chi connectivity index (χ1n) is 11.2. The van der Waals surface area contributed by atoms with Crippen molar-refractivity contribution >= 4 is 17.6 Å². The van der Waals surface area contributed by atoms with Gasteiger partial charge in [-0.25, -0.2) is 0 Å². The third-order valence-electron chi connectivity index (χ3n) is 4.96. The Hall–Kier alpha value is -2.67. The van der Waals surface area contributed by atoms with Crippen molar-refractivity contribution in [2.45, 2.75) is 59.3 Å². The van der Waals surface area contributed by atoms with Crippen LogP contribution in [0.2, 0.25) is 0 Å². The molecule has 0 saturated heterocycles. The van der Waals surface area contributed by atoms with Crippen LogP contribution >= 0.6 is 0 Å². The summed E-state index contributed by atoms with van der Waals surface area (Å²) in [5, 5.41) is 6.44. The maximum atomic E-state index is 13.1. The highest BCUT2D eigenvalue weighted by Crippen LogP contribution is 2.13. The van der Waals surface area contributed by atoms with Crippen molar-refractivity contribution in [1.82, 2.24) is 10.1 Å². The molecule has 0 atom stereocenters. The van der Waals surface area contributed by atoms with Gasteiger partial charge in [0.25, 0.3) is 5.91 Å². The molecule has 7 nitrogen and oxygen atoms in total. The average molecular weight is 430 g/mol. The van der Waals surface area contributed by atoms with E-state index in [2.05, 4.69) is 17.4 Å². The summed E-state index contributed by atoms with van der Waals surface area (Å²) in [4.78, 5) is 27.1. The number of carbonyl (C=O) groups excluding carboxylic acids is 2. The van der Waals surface area contributed by atoms with E-state index in [0.29, 0.717) is 43.3 Å². The Morgan fingerprint density at radius 3 is 2.52 bits per heavy atom. The molecule has 1 heterocycles. The molecule has 0 radical (unpaired) electrons. The molecular formula is C24H35N3O4. The van der Waals surface area contributed by atoms with Gasteiger partial charge in [-0.1, -0.05) is 43.5 Å². The van der Waals surface area contributed by atoms with Crippen molar-refractivity contribution in [3.8, 4) is 0 Å². The van der Waals surface area contributed by atoms with Crippen LogP contribution in [0.4, 0.5) is 5.82 Å². The second kappa shape index (κ2) is 13.6. The lowest BCUT2D eigenvalue weighted by Gasteiger charge is -2.22. The predicted molar refractivity (Wildman–Crippen MR) is 121 cm³/mol. The summed E-state index contributed by atoms with van der Waals surface area (Å²) < 4.78 is 10.4. The van der Waals surface area contributed by atoms with Gasteiger partial charge >= 0.3 is 0 Å².